The highest BCUT2D eigenvalue weighted by molar-refractivity contribution is 7.09. The number of carbonyl (C=O) groups excluding carboxylic acids is 1. The summed E-state index contributed by atoms with van der Waals surface area (Å²) in [7, 11) is 1.41. The van der Waals surface area contributed by atoms with Crippen molar-refractivity contribution in [2.45, 2.75) is 56.3 Å². The molecular weight excluding hydrogens is 296 g/mol. The first-order chi connectivity index (χ1) is 10.00. The molecule has 0 saturated heterocycles. The predicted molar refractivity (Wildman–Crippen MR) is 75.8 cm³/mol. The van der Waals surface area contributed by atoms with Crippen LogP contribution in [0.5, 0.6) is 0 Å². The average Bonchev–Trinajstić information content (AvgIpc) is 2.93. The smallest absolute Gasteiger partial charge is 0.309 e. The molecule has 0 amide bonds. The normalized spacial score (nSPS) is 28.9. The third kappa shape index (κ3) is 2.96. The van der Waals surface area contributed by atoms with Crippen LogP contribution in [0.3, 0.4) is 0 Å². The van der Waals surface area contributed by atoms with Crippen LogP contribution in [-0.2, 0) is 9.53 Å². The fourth-order valence-electron chi connectivity index (χ4n) is 3.41. The van der Waals surface area contributed by atoms with Gasteiger partial charge in [0.25, 0.3) is 0 Å². The number of thiazole rings is 1. The Bertz CT molecular complexity index is 523. The van der Waals surface area contributed by atoms with Crippen LogP contribution in [-0.4, -0.2) is 24.0 Å². The molecule has 1 heterocycles. The molecule has 0 N–H and O–H groups in total. The molecule has 3 nitrogen and oxygen atoms in total. The van der Waals surface area contributed by atoms with E-state index in [9.17, 15) is 13.6 Å². The molecule has 0 aromatic carbocycles. The summed E-state index contributed by atoms with van der Waals surface area (Å²) in [6, 6.07) is 0. The number of ether oxygens (including phenoxy) is 1. The maximum Gasteiger partial charge on any atom is 0.309 e. The van der Waals surface area contributed by atoms with Crippen LogP contribution in [0, 0.1) is 5.92 Å². The Hall–Kier alpha value is -1.04. The summed E-state index contributed by atoms with van der Waals surface area (Å²) in [5.41, 5.74) is 0.889. The summed E-state index contributed by atoms with van der Waals surface area (Å²) in [5, 5.41) is 2.74. The highest BCUT2D eigenvalue weighted by atomic mass is 32.1. The standard InChI is InChI=1S/C15H19F2NO2S/c1-20-14(19)11-5-3-2-4-10(11)12-8-21-13(18-12)9-6-15(16,17)7-9/h8-11H,2-7H2,1H3/t10-,11-/m1/s1. The van der Waals surface area contributed by atoms with Crippen molar-refractivity contribution in [3.8, 4) is 0 Å². The number of nitrogens with zero attached hydrogens (tertiary/aromatic N) is 1. The lowest BCUT2D eigenvalue weighted by Gasteiger charge is -2.33. The van der Waals surface area contributed by atoms with Crippen LogP contribution in [0.25, 0.3) is 0 Å². The van der Waals surface area contributed by atoms with Gasteiger partial charge in [-0.1, -0.05) is 12.8 Å². The Labute approximate surface area is 126 Å². The average molecular weight is 315 g/mol. The highest BCUT2D eigenvalue weighted by Crippen LogP contribution is 2.49. The Morgan fingerprint density at radius 2 is 2.10 bits per heavy atom. The number of rotatable bonds is 3. The van der Waals surface area contributed by atoms with Crippen molar-refractivity contribution in [2.24, 2.45) is 5.92 Å². The Morgan fingerprint density at radius 1 is 1.38 bits per heavy atom. The zero-order chi connectivity index (χ0) is 15.0. The monoisotopic (exact) mass is 315 g/mol. The van der Waals surface area contributed by atoms with Gasteiger partial charge in [-0.15, -0.1) is 11.3 Å². The summed E-state index contributed by atoms with van der Waals surface area (Å²) < 4.78 is 30.8. The second-order valence-electron chi connectivity index (χ2n) is 6.09. The summed E-state index contributed by atoms with van der Waals surface area (Å²) in [4.78, 5) is 16.5. The number of alkyl halides is 2. The van der Waals surface area contributed by atoms with Crippen LogP contribution in [0.4, 0.5) is 8.78 Å². The molecule has 0 spiro atoms. The van der Waals surface area contributed by atoms with E-state index in [-0.39, 0.29) is 36.6 Å². The van der Waals surface area contributed by atoms with Gasteiger partial charge in [-0.25, -0.2) is 13.8 Å². The zero-order valence-electron chi connectivity index (χ0n) is 12.0. The molecule has 2 atom stereocenters. The van der Waals surface area contributed by atoms with E-state index in [1.165, 1.54) is 18.4 Å². The first-order valence-corrected chi connectivity index (χ1v) is 8.29. The molecule has 1 aromatic heterocycles. The lowest BCUT2D eigenvalue weighted by atomic mass is 9.77. The fraction of sp³-hybridized carbons (Fsp3) is 0.733. The van der Waals surface area contributed by atoms with E-state index in [0.29, 0.717) is 0 Å². The van der Waals surface area contributed by atoms with Crippen molar-refractivity contribution in [1.29, 1.82) is 0 Å². The van der Waals surface area contributed by atoms with E-state index in [2.05, 4.69) is 4.98 Å². The van der Waals surface area contributed by atoms with E-state index in [4.69, 9.17) is 4.74 Å². The predicted octanol–water partition coefficient (Wildman–Crippen LogP) is 4.10. The van der Waals surface area contributed by atoms with Gasteiger partial charge in [-0.05, 0) is 12.8 Å². The first-order valence-electron chi connectivity index (χ1n) is 7.41. The lowest BCUT2D eigenvalue weighted by molar-refractivity contribution is -0.147. The van der Waals surface area contributed by atoms with Crippen molar-refractivity contribution in [3.63, 3.8) is 0 Å². The second-order valence-corrected chi connectivity index (χ2v) is 6.98. The third-order valence-corrected chi connectivity index (χ3v) is 5.65. The molecule has 2 saturated carbocycles. The molecule has 1 aromatic rings. The summed E-state index contributed by atoms with van der Waals surface area (Å²) in [5.74, 6) is -2.86. The Balaban J connectivity index is 1.73. The van der Waals surface area contributed by atoms with E-state index in [1.807, 2.05) is 5.38 Å². The lowest BCUT2D eigenvalue weighted by Crippen LogP contribution is -2.33. The number of halogens is 2. The summed E-state index contributed by atoms with van der Waals surface area (Å²) in [6.45, 7) is 0. The molecule has 6 heteroatoms. The third-order valence-electron chi connectivity index (χ3n) is 4.63. The zero-order valence-corrected chi connectivity index (χ0v) is 12.8. The minimum atomic E-state index is -2.52. The van der Waals surface area contributed by atoms with Gasteiger partial charge in [0, 0.05) is 30.1 Å². The number of hydrogen-bond donors (Lipinski definition) is 0. The van der Waals surface area contributed by atoms with Gasteiger partial charge >= 0.3 is 5.97 Å². The number of methoxy groups -OCH3 is 1. The molecular formula is C15H19F2NO2S. The maximum atomic E-state index is 13.0. The first kappa shape index (κ1) is 14.9. The minimum Gasteiger partial charge on any atom is -0.469 e. The van der Waals surface area contributed by atoms with E-state index < -0.39 is 5.92 Å². The quantitative estimate of drug-likeness (QED) is 0.788. The van der Waals surface area contributed by atoms with Crippen LogP contribution in [0.2, 0.25) is 0 Å². The summed E-state index contributed by atoms with van der Waals surface area (Å²) in [6.07, 6.45) is 3.67. The van der Waals surface area contributed by atoms with Crippen LogP contribution in [0.1, 0.15) is 61.1 Å². The molecule has 0 unspecified atom stereocenters. The molecule has 0 radical (unpaired) electrons. The maximum absolute atomic E-state index is 13.0. The van der Waals surface area contributed by atoms with E-state index in [1.54, 1.807) is 0 Å². The topological polar surface area (TPSA) is 39.2 Å². The van der Waals surface area contributed by atoms with Crippen molar-refractivity contribution in [3.05, 3.63) is 16.1 Å². The largest absolute Gasteiger partial charge is 0.469 e. The molecule has 21 heavy (non-hydrogen) atoms. The van der Waals surface area contributed by atoms with Gasteiger partial charge in [0.15, 0.2) is 0 Å². The second kappa shape index (κ2) is 5.63. The van der Waals surface area contributed by atoms with Gasteiger partial charge in [0.05, 0.1) is 23.7 Å². The van der Waals surface area contributed by atoms with Crippen molar-refractivity contribution >= 4 is 17.3 Å². The van der Waals surface area contributed by atoms with Gasteiger partial charge in [-0.2, -0.15) is 0 Å². The molecule has 2 aliphatic rings. The number of hydrogen-bond acceptors (Lipinski definition) is 4. The van der Waals surface area contributed by atoms with Gasteiger partial charge in [0.1, 0.15) is 0 Å². The number of aromatic nitrogens is 1. The molecule has 2 aliphatic carbocycles. The molecule has 2 fully saturated rings. The minimum absolute atomic E-state index is 0.0804. The van der Waals surface area contributed by atoms with Crippen molar-refractivity contribution < 1.29 is 18.3 Å². The van der Waals surface area contributed by atoms with Gasteiger partial charge in [-0.3, -0.25) is 4.79 Å². The number of esters is 1. The van der Waals surface area contributed by atoms with E-state index in [0.717, 1.165) is 36.4 Å². The highest BCUT2D eigenvalue weighted by Gasteiger charge is 2.47. The fourth-order valence-corrected chi connectivity index (χ4v) is 4.40. The molecule has 0 aliphatic heterocycles. The van der Waals surface area contributed by atoms with Crippen molar-refractivity contribution in [2.75, 3.05) is 7.11 Å². The molecule has 0 bridgehead atoms. The van der Waals surface area contributed by atoms with Gasteiger partial charge < -0.3 is 4.74 Å². The molecule has 116 valence electrons. The SMILES string of the molecule is COC(=O)[C@@H]1CCCC[C@H]1c1csc(C2CC(F)(F)C2)n1. The van der Waals surface area contributed by atoms with Crippen molar-refractivity contribution in [1.82, 2.24) is 4.98 Å². The number of carbonyl (C=O) groups is 1. The molecule has 3 rings (SSSR count). The Morgan fingerprint density at radius 3 is 2.76 bits per heavy atom. The Kier molecular flexibility index (Phi) is 3.99. The van der Waals surface area contributed by atoms with Gasteiger partial charge in [0.2, 0.25) is 5.92 Å². The summed E-state index contributed by atoms with van der Waals surface area (Å²) >= 11 is 1.45. The van der Waals surface area contributed by atoms with Crippen LogP contribution >= 0.6 is 11.3 Å². The van der Waals surface area contributed by atoms with Crippen LogP contribution < -0.4 is 0 Å². The van der Waals surface area contributed by atoms with E-state index >= 15 is 0 Å². The van der Waals surface area contributed by atoms with Crippen LogP contribution in [0.15, 0.2) is 5.38 Å².